The molecule has 0 aromatic heterocycles. The van der Waals surface area contributed by atoms with Crippen molar-refractivity contribution >= 4 is 17.5 Å². The highest BCUT2D eigenvalue weighted by molar-refractivity contribution is 5.85. The number of carbonyl (C=O) groups excluding carboxylic acids is 2. The SMILES string of the molecule is COc1ccc(N2CCN(C(=O)CN3CCCCCC3=O)CC2)cc1. The van der Waals surface area contributed by atoms with Crippen molar-refractivity contribution in [3.05, 3.63) is 24.3 Å². The first-order valence-corrected chi connectivity index (χ1v) is 9.12. The Morgan fingerprint density at radius 3 is 2.40 bits per heavy atom. The Balaban J connectivity index is 1.50. The van der Waals surface area contributed by atoms with Gasteiger partial charge in [-0.15, -0.1) is 0 Å². The minimum atomic E-state index is 0.0737. The van der Waals surface area contributed by atoms with Crippen LogP contribution in [0.25, 0.3) is 0 Å². The van der Waals surface area contributed by atoms with Gasteiger partial charge in [-0.25, -0.2) is 0 Å². The number of hydrogen-bond donors (Lipinski definition) is 0. The van der Waals surface area contributed by atoms with Gasteiger partial charge in [0.25, 0.3) is 0 Å². The minimum Gasteiger partial charge on any atom is -0.497 e. The minimum absolute atomic E-state index is 0.0737. The maximum Gasteiger partial charge on any atom is 0.242 e. The van der Waals surface area contributed by atoms with Crippen LogP contribution < -0.4 is 9.64 Å². The van der Waals surface area contributed by atoms with E-state index in [2.05, 4.69) is 4.90 Å². The fourth-order valence-corrected chi connectivity index (χ4v) is 3.48. The molecule has 2 aliphatic heterocycles. The third-order valence-electron chi connectivity index (χ3n) is 5.07. The zero-order valence-corrected chi connectivity index (χ0v) is 14.9. The van der Waals surface area contributed by atoms with Gasteiger partial charge >= 0.3 is 0 Å². The molecule has 2 aliphatic rings. The molecule has 0 aliphatic carbocycles. The first kappa shape index (κ1) is 17.6. The molecule has 6 heteroatoms. The van der Waals surface area contributed by atoms with Gasteiger partial charge in [-0.1, -0.05) is 6.42 Å². The number of carbonyl (C=O) groups is 2. The Hall–Kier alpha value is -2.24. The van der Waals surface area contributed by atoms with Crippen molar-refractivity contribution in [3.63, 3.8) is 0 Å². The molecule has 0 saturated carbocycles. The Bertz CT molecular complexity index is 594. The number of methoxy groups -OCH3 is 1. The lowest BCUT2D eigenvalue weighted by Crippen LogP contribution is -2.51. The standard InChI is InChI=1S/C19H27N3O3/c1-25-17-8-6-16(7-9-17)20-11-13-21(14-12-20)19(24)15-22-10-4-2-3-5-18(22)23/h6-9H,2-5,10-15H2,1H3. The number of piperazine rings is 1. The van der Waals surface area contributed by atoms with Crippen molar-refractivity contribution < 1.29 is 14.3 Å². The molecular weight excluding hydrogens is 318 g/mol. The van der Waals surface area contributed by atoms with Crippen LogP contribution in [0.15, 0.2) is 24.3 Å². The molecule has 0 atom stereocenters. The van der Waals surface area contributed by atoms with Crippen molar-refractivity contribution in [2.24, 2.45) is 0 Å². The van der Waals surface area contributed by atoms with E-state index in [1.807, 2.05) is 29.2 Å². The fourth-order valence-electron chi connectivity index (χ4n) is 3.48. The molecule has 3 rings (SSSR count). The summed E-state index contributed by atoms with van der Waals surface area (Å²) in [4.78, 5) is 30.5. The molecule has 1 aromatic rings. The molecule has 2 heterocycles. The topological polar surface area (TPSA) is 53.1 Å². The van der Waals surface area contributed by atoms with Crippen LogP contribution in [0.1, 0.15) is 25.7 Å². The molecule has 2 saturated heterocycles. The van der Waals surface area contributed by atoms with E-state index >= 15 is 0 Å². The quantitative estimate of drug-likeness (QED) is 0.834. The Morgan fingerprint density at radius 2 is 1.72 bits per heavy atom. The molecule has 2 amide bonds. The highest BCUT2D eigenvalue weighted by atomic mass is 16.5. The smallest absolute Gasteiger partial charge is 0.242 e. The van der Waals surface area contributed by atoms with Crippen LogP contribution in [-0.4, -0.2) is 68.0 Å². The summed E-state index contributed by atoms with van der Waals surface area (Å²) in [6, 6.07) is 8.01. The molecule has 0 unspecified atom stereocenters. The normalized spacial score (nSPS) is 18.9. The summed E-state index contributed by atoms with van der Waals surface area (Å²) in [5.74, 6) is 1.05. The molecule has 1 aromatic carbocycles. The average Bonchev–Trinajstić information content (AvgIpc) is 2.86. The van der Waals surface area contributed by atoms with Crippen LogP contribution >= 0.6 is 0 Å². The van der Waals surface area contributed by atoms with Gasteiger partial charge in [0.15, 0.2) is 0 Å². The lowest BCUT2D eigenvalue weighted by atomic mass is 10.2. The summed E-state index contributed by atoms with van der Waals surface area (Å²) in [7, 11) is 1.66. The summed E-state index contributed by atoms with van der Waals surface area (Å²) in [5, 5.41) is 0. The van der Waals surface area contributed by atoms with E-state index in [1.54, 1.807) is 12.0 Å². The van der Waals surface area contributed by atoms with E-state index < -0.39 is 0 Å². The van der Waals surface area contributed by atoms with Gasteiger partial charge in [0.2, 0.25) is 11.8 Å². The number of amides is 2. The van der Waals surface area contributed by atoms with Crippen molar-refractivity contribution in [1.29, 1.82) is 0 Å². The largest absolute Gasteiger partial charge is 0.497 e. The van der Waals surface area contributed by atoms with Gasteiger partial charge in [0.05, 0.1) is 13.7 Å². The monoisotopic (exact) mass is 345 g/mol. The first-order valence-electron chi connectivity index (χ1n) is 9.12. The van der Waals surface area contributed by atoms with E-state index in [4.69, 9.17) is 4.74 Å². The van der Waals surface area contributed by atoms with E-state index in [0.29, 0.717) is 19.5 Å². The average molecular weight is 345 g/mol. The van der Waals surface area contributed by atoms with Crippen LogP contribution in [0.4, 0.5) is 5.69 Å². The maximum absolute atomic E-state index is 12.5. The number of ether oxygens (including phenoxy) is 1. The van der Waals surface area contributed by atoms with E-state index in [1.165, 1.54) is 0 Å². The van der Waals surface area contributed by atoms with Gasteiger partial charge in [0, 0.05) is 44.8 Å². The van der Waals surface area contributed by atoms with Crippen LogP contribution in [0.5, 0.6) is 5.75 Å². The molecule has 0 spiro atoms. The number of nitrogens with zero attached hydrogens (tertiary/aromatic N) is 3. The predicted molar refractivity (Wildman–Crippen MR) is 96.8 cm³/mol. The number of hydrogen-bond acceptors (Lipinski definition) is 4. The highest BCUT2D eigenvalue weighted by Crippen LogP contribution is 2.20. The van der Waals surface area contributed by atoms with E-state index in [0.717, 1.165) is 50.3 Å². The zero-order chi connectivity index (χ0) is 17.6. The summed E-state index contributed by atoms with van der Waals surface area (Å²) in [5.41, 5.74) is 1.15. The van der Waals surface area contributed by atoms with Crippen LogP contribution in [-0.2, 0) is 9.59 Å². The zero-order valence-electron chi connectivity index (χ0n) is 14.9. The predicted octanol–water partition coefficient (Wildman–Crippen LogP) is 1.75. The Morgan fingerprint density at radius 1 is 1.00 bits per heavy atom. The van der Waals surface area contributed by atoms with Gasteiger partial charge in [-0.3, -0.25) is 9.59 Å². The second-order valence-electron chi connectivity index (χ2n) is 6.69. The van der Waals surface area contributed by atoms with Crippen LogP contribution in [0, 0.1) is 0 Å². The van der Waals surface area contributed by atoms with Crippen LogP contribution in [0.3, 0.4) is 0 Å². The van der Waals surface area contributed by atoms with Crippen molar-refractivity contribution in [2.45, 2.75) is 25.7 Å². The van der Waals surface area contributed by atoms with Crippen LogP contribution in [0.2, 0.25) is 0 Å². The van der Waals surface area contributed by atoms with Gasteiger partial charge < -0.3 is 19.4 Å². The van der Waals surface area contributed by atoms with Crippen molar-refractivity contribution in [1.82, 2.24) is 9.80 Å². The Kier molecular flexibility index (Phi) is 5.79. The molecule has 0 N–H and O–H groups in total. The highest BCUT2D eigenvalue weighted by Gasteiger charge is 2.25. The maximum atomic E-state index is 12.5. The first-order chi connectivity index (χ1) is 12.2. The number of likely N-dealkylation sites (tertiary alicyclic amines) is 1. The second kappa shape index (κ2) is 8.23. The molecule has 0 radical (unpaired) electrons. The second-order valence-corrected chi connectivity index (χ2v) is 6.69. The molecule has 2 fully saturated rings. The lowest BCUT2D eigenvalue weighted by molar-refractivity contribution is -0.140. The van der Waals surface area contributed by atoms with E-state index in [-0.39, 0.29) is 18.4 Å². The third kappa shape index (κ3) is 4.44. The van der Waals surface area contributed by atoms with Gasteiger partial charge in [-0.05, 0) is 37.1 Å². The third-order valence-corrected chi connectivity index (χ3v) is 5.07. The summed E-state index contributed by atoms with van der Waals surface area (Å²) in [6.07, 6.45) is 3.61. The molecule has 25 heavy (non-hydrogen) atoms. The van der Waals surface area contributed by atoms with E-state index in [9.17, 15) is 9.59 Å². The van der Waals surface area contributed by atoms with Gasteiger partial charge in [-0.2, -0.15) is 0 Å². The van der Waals surface area contributed by atoms with Crippen molar-refractivity contribution in [3.8, 4) is 5.75 Å². The number of benzene rings is 1. The lowest BCUT2D eigenvalue weighted by Gasteiger charge is -2.37. The summed E-state index contributed by atoms with van der Waals surface area (Å²) in [6.45, 7) is 3.98. The molecule has 136 valence electrons. The fraction of sp³-hybridized carbons (Fsp3) is 0.579. The number of anilines is 1. The molecule has 0 bridgehead atoms. The number of rotatable bonds is 4. The molecular formula is C19H27N3O3. The Labute approximate surface area is 149 Å². The van der Waals surface area contributed by atoms with Crippen molar-refractivity contribution in [2.75, 3.05) is 51.3 Å². The summed E-state index contributed by atoms with van der Waals surface area (Å²) >= 11 is 0. The summed E-state index contributed by atoms with van der Waals surface area (Å²) < 4.78 is 5.19. The van der Waals surface area contributed by atoms with Gasteiger partial charge in [0.1, 0.15) is 5.75 Å². The molecule has 6 nitrogen and oxygen atoms in total.